The van der Waals surface area contributed by atoms with Crippen molar-refractivity contribution in [3.63, 3.8) is 0 Å². The van der Waals surface area contributed by atoms with Crippen LogP contribution in [0.25, 0.3) is 10.9 Å². The van der Waals surface area contributed by atoms with Crippen LogP contribution in [0.5, 0.6) is 0 Å². The van der Waals surface area contributed by atoms with Crippen molar-refractivity contribution in [3.8, 4) is 0 Å². The largest absolute Gasteiger partial charge is 0.361 e. The second-order valence-electron chi connectivity index (χ2n) is 7.15. The second kappa shape index (κ2) is 8.97. The zero-order chi connectivity index (χ0) is 20.1. The molecule has 1 atom stereocenters. The lowest BCUT2D eigenvalue weighted by Gasteiger charge is -2.18. The number of amides is 1. The molecule has 0 fully saturated rings. The van der Waals surface area contributed by atoms with Crippen LogP contribution in [-0.2, 0) is 11.2 Å². The summed E-state index contributed by atoms with van der Waals surface area (Å²) in [6.07, 6.45) is 3.16. The fraction of sp³-hybridized carbons (Fsp3) is 0.160. The van der Waals surface area contributed by atoms with E-state index in [0.717, 1.165) is 28.5 Å². The molecular weight excluding hydrogens is 380 g/mol. The van der Waals surface area contributed by atoms with Gasteiger partial charge in [-0.25, -0.2) is 0 Å². The summed E-state index contributed by atoms with van der Waals surface area (Å²) < 4.78 is 0. The molecule has 0 radical (unpaired) electrons. The lowest BCUT2D eigenvalue weighted by molar-refractivity contribution is -0.121. The molecule has 1 heterocycles. The molecule has 4 aromatic rings. The number of rotatable bonds is 7. The predicted octanol–water partition coefficient (Wildman–Crippen LogP) is 5.70. The van der Waals surface area contributed by atoms with Crippen LogP contribution < -0.4 is 5.32 Å². The number of nitrogens with one attached hydrogen (secondary N) is 2. The van der Waals surface area contributed by atoms with Crippen LogP contribution in [0.2, 0.25) is 5.02 Å². The van der Waals surface area contributed by atoms with Gasteiger partial charge in [-0.05, 0) is 35.2 Å². The highest BCUT2D eigenvalue weighted by atomic mass is 35.5. The summed E-state index contributed by atoms with van der Waals surface area (Å²) >= 11 is 6.51. The van der Waals surface area contributed by atoms with Crippen molar-refractivity contribution >= 4 is 28.4 Å². The lowest BCUT2D eigenvalue weighted by atomic mass is 9.88. The molecule has 4 heteroatoms. The molecule has 0 saturated carbocycles. The van der Waals surface area contributed by atoms with E-state index in [0.29, 0.717) is 18.0 Å². The zero-order valence-corrected chi connectivity index (χ0v) is 16.8. The Morgan fingerprint density at radius 1 is 0.897 bits per heavy atom. The van der Waals surface area contributed by atoms with E-state index in [1.54, 1.807) is 0 Å². The molecule has 0 aliphatic carbocycles. The van der Waals surface area contributed by atoms with Crippen molar-refractivity contribution in [2.75, 3.05) is 6.54 Å². The van der Waals surface area contributed by atoms with E-state index >= 15 is 0 Å². The highest BCUT2D eigenvalue weighted by Crippen LogP contribution is 2.36. The number of aromatic amines is 1. The van der Waals surface area contributed by atoms with E-state index in [4.69, 9.17) is 11.6 Å². The van der Waals surface area contributed by atoms with Gasteiger partial charge in [0.05, 0.1) is 0 Å². The Hall–Kier alpha value is -3.04. The third-order valence-electron chi connectivity index (χ3n) is 5.25. The Bertz CT molecular complexity index is 1100. The fourth-order valence-electron chi connectivity index (χ4n) is 3.78. The Balaban J connectivity index is 1.54. The van der Waals surface area contributed by atoms with Crippen molar-refractivity contribution in [2.45, 2.75) is 18.8 Å². The van der Waals surface area contributed by atoms with Crippen molar-refractivity contribution in [2.24, 2.45) is 0 Å². The SMILES string of the molecule is O=C(C[C@H](c1ccccc1Cl)c1c[nH]c2ccccc12)NCCc1ccccc1. The summed E-state index contributed by atoms with van der Waals surface area (Å²) in [7, 11) is 0. The monoisotopic (exact) mass is 402 g/mol. The van der Waals surface area contributed by atoms with Gasteiger partial charge < -0.3 is 10.3 Å². The van der Waals surface area contributed by atoms with Crippen LogP contribution in [0.15, 0.2) is 85.1 Å². The topological polar surface area (TPSA) is 44.9 Å². The molecule has 29 heavy (non-hydrogen) atoms. The van der Waals surface area contributed by atoms with Crippen LogP contribution in [0, 0.1) is 0 Å². The van der Waals surface area contributed by atoms with Crippen molar-refractivity contribution in [3.05, 3.63) is 107 Å². The average molecular weight is 403 g/mol. The van der Waals surface area contributed by atoms with Crippen molar-refractivity contribution in [1.82, 2.24) is 10.3 Å². The Kier molecular flexibility index (Phi) is 5.97. The number of benzene rings is 3. The summed E-state index contributed by atoms with van der Waals surface area (Å²) in [4.78, 5) is 16.1. The highest BCUT2D eigenvalue weighted by molar-refractivity contribution is 6.31. The summed E-state index contributed by atoms with van der Waals surface area (Å²) in [5.41, 5.74) is 4.33. The molecule has 3 nitrogen and oxygen atoms in total. The van der Waals surface area contributed by atoms with E-state index in [2.05, 4.69) is 28.5 Å². The third-order valence-corrected chi connectivity index (χ3v) is 5.59. The maximum absolute atomic E-state index is 12.8. The Morgan fingerprint density at radius 2 is 1.62 bits per heavy atom. The summed E-state index contributed by atoms with van der Waals surface area (Å²) in [5, 5.41) is 4.87. The molecule has 0 aliphatic heterocycles. The number of para-hydroxylation sites is 1. The number of carbonyl (C=O) groups excluding carboxylic acids is 1. The summed E-state index contributed by atoms with van der Waals surface area (Å²) in [6.45, 7) is 0.617. The molecular formula is C25H23ClN2O. The van der Waals surface area contributed by atoms with Gasteiger partial charge in [-0.15, -0.1) is 0 Å². The highest BCUT2D eigenvalue weighted by Gasteiger charge is 2.23. The van der Waals surface area contributed by atoms with Crippen molar-refractivity contribution < 1.29 is 4.79 Å². The number of halogens is 1. The summed E-state index contributed by atoms with van der Waals surface area (Å²) in [5.74, 6) is -0.0901. The molecule has 2 N–H and O–H groups in total. The van der Waals surface area contributed by atoms with Crippen LogP contribution >= 0.6 is 11.6 Å². The maximum Gasteiger partial charge on any atom is 0.220 e. The second-order valence-corrected chi connectivity index (χ2v) is 7.56. The average Bonchev–Trinajstić information content (AvgIpc) is 3.17. The van der Waals surface area contributed by atoms with Crippen LogP contribution in [0.1, 0.15) is 29.0 Å². The van der Waals surface area contributed by atoms with Gasteiger partial charge in [0.25, 0.3) is 0 Å². The van der Waals surface area contributed by atoms with Crippen LogP contribution in [0.3, 0.4) is 0 Å². The molecule has 0 bridgehead atoms. The minimum absolute atomic E-state index is 0.0242. The first-order valence-corrected chi connectivity index (χ1v) is 10.2. The van der Waals surface area contributed by atoms with Gasteiger partial charge in [0.1, 0.15) is 0 Å². The predicted molar refractivity (Wildman–Crippen MR) is 119 cm³/mol. The fourth-order valence-corrected chi connectivity index (χ4v) is 4.04. The summed E-state index contributed by atoms with van der Waals surface area (Å²) in [6, 6.07) is 26.1. The number of fused-ring (bicyclic) bond motifs is 1. The quantitative estimate of drug-likeness (QED) is 0.409. The van der Waals surface area contributed by atoms with Gasteiger partial charge >= 0.3 is 0 Å². The Morgan fingerprint density at radius 3 is 2.45 bits per heavy atom. The zero-order valence-electron chi connectivity index (χ0n) is 16.1. The number of aromatic nitrogens is 1. The standard InChI is InChI=1S/C25H23ClN2O/c26-23-12-6-4-10-19(23)21(22-17-28-24-13-7-5-11-20(22)24)16-25(29)27-15-14-18-8-2-1-3-9-18/h1-13,17,21,28H,14-16H2,(H,27,29)/t21-/m1/s1. The number of hydrogen-bond donors (Lipinski definition) is 2. The Labute approximate surface area is 175 Å². The van der Waals surface area contributed by atoms with Gasteiger partial charge in [-0.2, -0.15) is 0 Å². The minimum atomic E-state index is -0.114. The van der Waals surface area contributed by atoms with E-state index in [-0.39, 0.29) is 11.8 Å². The van der Waals surface area contributed by atoms with Crippen molar-refractivity contribution in [1.29, 1.82) is 0 Å². The molecule has 0 spiro atoms. The van der Waals surface area contributed by atoms with Gasteiger partial charge in [-0.1, -0.05) is 78.3 Å². The van der Waals surface area contributed by atoms with Crippen LogP contribution in [0.4, 0.5) is 0 Å². The van der Waals surface area contributed by atoms with Gasteiger partial charge in [0, 0.05) is 41.0 Å². The molecule has 0 saturated heterocycles. The maximum atomic E-state index is 12.8. The first-order chi connectivity index (χ1) is 14.2. The molecule has 0 unspecified atom stereocenters. The smallest absolute Gasteiger partial charge is 0.220 e. The lowest BCUT2D eigenvalue weighted by Crippen LogP contribution is -2.27. The van der Waals surface area contributed by atoms with E-state index < -0.39 is 0 Å². The van der Waals surface area contributed by atoms with Gasteiger partial charge in [0.2, 0.25) is 5.91 Å². The normalized spacial score (nSPS) is 12.0. The van der Waals surface area contributed by atoms with Crippen LogP contribution in [-0.4, -0.2) is 17.4 Å². The first kappa shape index (κ1) is 19.3. The molecule has 1 amide bonds. The van der Waals surface area contributed by atoms with E-state index in [1.165, 1.54) is 5.56 Å². The third kappa shape index (κ3) is 4.52. The first-order valence-electron chi connectivity index (χ1n) is 9.83. The molecule has 4 rings (SSSR count). The molecule has 3 aromatic carbocycles. The van der Waals surface area contributed by atoms with Gasteiger partial charge in [-0.3, -0.25) is 4.79 Å². The molecule has 0 aliphatic rings. The molecule has 1 aromatic heterocycles. The number of hydrogen-bond acceptors (Lipinski definition) is 1. The number of H-pyrrole nitrogens is 1. The number of carbonyl (C=O) groups is 1. The minimum Gasteiger partial charge on any atom is -0.361 e. The van der Waals surface area contributed by atoms with E-state index in [1.807, 2.05) is 66.9 Å². The molecule has 146 valence electrons. The van der Waals surface area contributed by atoms with E-state index in [9.17, 15) is 4.79 Å². The van der Waals surface area contributed by atoms with Gasteiger partial charge in [0.15, 0.2) is 0 Å².